The number of hydrogen-bond donors (Lipinski definition) is 0. The second-order valence-corrected chi connectivity index (χ2v) is 13.8. The van der Waals surface area contributed by atoms with Gasteiger partial charge in [-0.05, 0) is 68.8 Å². The van der Waals surface area contributed by atoms with Crippen LogP contribution in [0.25, 0.3) is 39.0 Å². The number of nitrogens with zero attached hydrogens (tertiary/aromatic N) is 8. The number of pyridine rings is 1. The number of carbonyl (C=O) groups is 1. The summed E-state index contributed by atoms with van der Waals surface area (Å²) in [5, 5.41) is 2.60. The summed E-state index contributed by atoms with van der Waals surface area (Å²) in [6.07, 6.45) is 15.2. The van der Waals surface area contributed by atoms with Gasteiger partial charge in [0.15, 0.2) is 5.82 Å². The van der Waals surface area contributed by atoms with Gasteiger partial charge in [0.05, 0.1) is 24.5 Å². The summed E-state index contributed by atoms with van der Waals surface area (Å²) in [4.78, 5) is 39.5. The number of rotatable bonds is 8. The quantitative estimate of drug-likeness (QED) is 0.106. The number of hydrogen-bond acceptors (Lipinski definition) is 8. The van der Waals surface area contributed by atoms with Crippen molar-refractivity contribution in [2.24, 2.45) is 5.92 Å². The van der Waals surface area contributed by atoms with Gasteiger partial charge in [-0.1, -0.05) is 41.9 Å². The lowest BCUT2D eigenvalue weighted by Crippen LogP contribution is -2.43. The van der Waals surface area contributed by atoms with Gasteiger partial charge in [0, 0.05) is 58.4 Å². The number of aromatic nitrogens is 5. The Balaban J connectivity index is 1.14. The van der Waals surface area contributed by atoms with Crippen molar-refractivity contribution in [3.8, 4) is 17.3 Å². The Hall–Kier alpha value is -4.87. The third kappa shape index (κ3) is 6.09. The largest absolute Gasteiger partial charge is 0.443 e. The predicted octanol–water partition coefficient (Wildman–Crippen LogP) is 6.34. The second-order valence-electron chi connectivity index (χ2n) is 13.4. The van der Waals surface area contributed by atoms with Crippen LogP contribution in [-0.4, -0.2) is 96.8 Å². The molecular weight excluding hydrogens is 655 g/mol. The maximum absolute atomic E-state index is 16.8. The number of fused-ring (bicyclic) bond motifs is 3. The molecule has 0 N–H and O–H groups in total. The highest BCUT2D eigenvalue weighted by atomic mass is 35.5. The van der Waals surface area contributed by atoms with Crippen molar-refractivity contribution >= 4 is 57.3 Å². The Morgan fingerprint density at radius 3 is 2.72 bits per heavy atom. The van der Waals surface area contributed by atoms with Crippen LogP contribution in [0.15, 0.2) is 67.3 Å². The van der Waals surface area contributed by atoms with Crippen molar-refractivity contribution in [2.45, 2.75) is 37.6 Å². The van der Waals surface area contributed by atoms with E-state index < -0.39 is 5.82 Å². The second kappa shape index (κ2) is 13.4. The molecule has 8 rings (SSSR count). The molecule has 0 saturated carbocycles. The van der Waals surface area contributed by atoms with Crippen LogP contribution < -0.4 is 4.74 Å². The molecule has 0 radical (unpaired) electrons. The molecule has 2 aromatic carbocycles. The fourth-order valence-electron chi connectivity index (χ4n) is 7.85. The molecule has 1 unspecified atom stereocenters. The van der Waals surface area contributed by atoms with E-state index in [0.717, 1.165) is 56.0 Å². The number of halogens is 2. The summed E-state index contributed by atoms with van der Waals surface area (Å²) in [5.41, 5.74) is 1.52. The van der Waals surface area contributed by atoms with E-state index in [1.807, 2.05) is 53.1 Å². The molecule has 0 spiro atoms. The van der Waals surface area contributed by atoms with E-state index in [-0.39, 0.29) is 34.6 Å². The molecule has 0 bridgehead atoms. The van der Waals surface area contributed by atoms with Crippen LogP contribution in [0.4, 0.5) is 10.2 Å². The highest BCUT2D eigenvalue weighted by Gasteiger charge is 2.45. The molecule has 3 saturated heterocycles. The molecule has 1 amide bonds. The van der Waals surface area contributed by atoms with Gasteiger partial charge in [0.2, 0.25) is 5.91 Å². The Morgan fingerprint density at radius 1 is 1.10 bits per heavy atom. The van der Waals surface area contributed by atoms with E-state index >= 15 is 4.39 Å². The van der Waals surface area contributed by atoms with Crippen molar-refractivity contribution in [3.63, 3.8) is 0 Å². The molecule has 1 atom stereocenters. The van der Waals surface area contributed by atoms with Gasteiger partial charge in [-0.3, -0.25) is 14.7 Å². The van der Waals surface area contributed by atoms with E-state index in [9.17, 15) is 4.79 Å². The third-order valence-corrected chi connectivity index (χ3v) is 10.7. The predicted molar refractivity (Wildman–Crippen MR) is 191 cm³/mol. The standard InChI is InChI=1S/C38H37ClFN8O2/c1-46(21-25-13-19-47(22-25)31(49)11-10-27-12-16-41-24-43-27)36-29-20-42-34(28-8-2-6-26-7-3-9-30(39)32(26)28)33(40)35(29)44-37(45-36)50-23-38-14-4-17-48(38)18-5-15-38/h2-3,6-12,16,20-21,24-25H,4-5,13-15,17-19,22-23H2,1H3/q+1/b11-10+,46-21-. The average molecular weight is 692 g/mol. The van der Waals surface area contributed by atoms with Crippen molar-refractivity contribution in [1.29, 1.82) is 0 Å². The summed E-state index contributed by atoms with van der Waals surface area (Å²) >= 11 is 6.63. The first-order chi connectivity index (χ1) is 24.4. The molecule has 0 aliphatic carbocycles. The molecule has 12 heteroatoms. The molecule has 3 aliphatic rings. The van der Waals surface area contributed by atoms with Gasteiger partial charge in [0.1, 0.15) is 29.5 Å². The normalized spacial score (nSPS) is 19.2. The van der Waals surface area contributed by atoms with E-state index in [2.05, 4.69) is 24.8 Å². The molecule has 3 fully saturated rings. The molecule has 3 aliphatic heterocycles. The van der Waals surface area contributed by atoms with Crippen LogP contribution in [-0.2, 0) is 4.79 Å². The first kappa shape index (κ1) is 32.3. The summed E-state index contributed by atoms with van der Waals surface area (Å²) < 4.78 is 25.1. The van der Waals surface area contributed by atoms with Crippen LogP contribution >= 0.6 is 11.6 Å². The fourth-order valence-corrected chi connectivity index (χ4v) is 8.14. The number of likely N-dealkylation sites (tertiary alicyclic amines) is 1. The van der Waals surface area contributed by atoms with Crippen molar-refractivity contribution in [1.82, 2.24) is 34.7 Å². The summed E-state index contributed by atoms with van der Waals surface area (Å²) in [6, 6.07) is 13.1. The Morgan fingerprint density at radius 2 is 1.92 bits per heavy atom. The van der Waals surface area contributed by atoms with E-state index in [1.165, 1.54) is 6.33 Å². The SMILES string of the molecule is C/[N+](=C/C1CCN(C(=O)/C=C/c2ccncn2)C1)c1nc(OCC23CCCN2CCC3)nc2c(F)c(-c3cccc4cccc(Cl)c34)ncc12. The first-order valence-corrected chi connectivity index (χ1v) is 17.5. The molecule has 50 heavy (non-hydrogen) atoms. The number of carbonyl (C=O) groups excluding carboxylic acids is 1. The molecular formula is C38H37ClFN8O2+. The molecule has 254 valence electrons. The van der Waals surface area contributed by atoms with Crippen LogP contribution in [0.3, 0.4) is 0 Å². The highest BCUT2D eigenvalue weighted by Crippen LogP contribution is 2.40. The zero-order chi connectivity index (χ0) is 34.2. The smallest absolute Gasteiger partial charge is 0.434 e. The number of benzene rings is 2. The zero-order valence-electron chi connectivity index (χ0n) is 27.8. The lowest BCUT2D eigenvalue weighted by molar-refractivity contribution is -0.405. The van der Waals surface area contributed by atoms with Gasteiger partial charge in [-0.25, -0.2) is 18.9 Å². The summed E-state index contributed by atoms with van der Waals surface area (Å²) in [6.45, 7) is 3.75. The maximum Gasteiger partial charge on any atom is 0.434 e. The van der Waals surface area contributed by atoms with Gasteiger partial charge >= 0.3 is 11.8 Å². The maximum atomic E-state index is 16.8. The molecule has 3 aromatic heterocycles. The lowest BCUT2D eigenvalue weighted by Gasteiger charge is -2.30. The van der Waals surface area contributed by atoms with Gasteiger partial charge in [-0.2, -0.15) is 4.98 Å². The monoisotopic (exact) mass is 691 g/mol. The Labute approximate surface area is 294 Å². The van der Waals surface area contributed by atoms with Crippen LogP contribution in [0.2, 0.25) is 5.02 Å². The molecule has 6 heterocycles. The van der Waals surface area contributed by atoms with Crippen LogP contribution in [0.1, 0.15) is 37.8 Å². The summed E-state index contributed by atoms with van der Waals surface area (Å²) in [7, 11) is 1.88. The first-order valence-electron chi connectivity index (χ1n) is 17.1. The van der Waals surface area contributed by atoms with Crippen molar-refractivity contribution in [2.75, 3.05) is 39.8 Å². The van der Waals surface area contributed by atoms with Gasteiger partial charge in [-0.15, -0.1) is 0 Å². The van der Waals surface area contributed by atoms with Gasteiger partial charge in [0.25, 0.3) is 0 Å². The molecule has 10 nitrogen and oxygen atoms in total. The summed E-state index contributed by atoms with van der Waals surface area (Å²) in [5.74, 6) is -0.0963. The molecule has 5 aromatic rings. The highest BCUT2D eigenvalue weighted by molar-refractivity contribution is 6.36. The minimum atomic E-state index is -0.563. The van der Waals surface area contributed by atoms with Crippen molar-refractivity contribution < 1.29 is 18.5 Å². The lowest BCUT2D eigenvalue weighted by atomic mass is 9.95. The van der Waals surface area contributed by atoms with Crippen molar-refractivity contribution in [3.05, 3.63) is 83.8 Å². The van der Waals surface area contributed by atoms with E-state index in [1.54, 1.807) is 36.7 Å². The zero-order valence-corrected chi connectivity index (χ0v) is 28.6. The fraction of sp³-hybridized carbons (Fsp3) is 0.342. The Kier molecular flexibility index (Phi) is 8.70. The minimum Gasteiger partial charge on any atom is -0.443 e. The average Bonchev–Trinajstić information content (AvgIpc) is 3.87. The van der Waals surface area contributed by atoms with E-state index in [0.29, 0.717) is 47.2 Å². The minimum absolute atomic E-state index is 0.0279. The third-order valence-electron chi connectivity index (χ3n) is 10.3. The van der Waals surface area contributed by atoms with Gasteiger partial charge < -0.3 is 9.64 Å². The number of amides is 1. The number of ether oxygens (including phenoxy) is 1. The topological polar surface area (TPSA) is 100 Å². The van der Waals surface area contributed by atoms with Crippen LogP contribution in [0.5, 0.6) is 6.01 Å². The Bertz CT molecular complexity index is 2150. The van der Waals surface area contributed by atoms with Crippen LogP contribution in [0, 0.1) is 11.7 Å². The van der Waals surface area contributed by atoms with E-state index in [4.69, 9.17) is 21.3 Å².